The fourth-order valence-electron chi connectivity index (χ4n) is 1.72. The molecule has 0 saturated carbocycles. The maximum Gasteiger partial charge on any atom is 0.303 e. The van der Waals surface area contributed by atoms with Gasteiger partial charge >= 0.3 is 5.97 Å². The van der Waals surface area contributed by atoms with Gasteiger partial charge in [-0.2, -0.15) is 5.10 Å². The molecule has 1 aromatic carbocycles. The lowest BCUT2D eigenvalue weighted by Gasteiger charge is -1.99. The number of rotatable bonds is 4. The predicted molar refractivity (Wildman–Crippen MR) is 67.1 cm³/mol. The summed E-state index contributed by atoms with van der Waals surface area (Å²) in [7, 11) is 1.81. The summed E-state index contributed by atoms with van der Waals surface area (Å²) in [6, 6.07) is 8.00. The molecule has 0 unspecified atom stereocenters. The zero-order valence-electron chi connectivity index (χ0n) is 10.4. The summed E-state index contributed by atoms with van der Waals surface area (Å²) in [4.78, 5) is 14.9. The molecule has 1 heterocycles. The topological polar surface area (TPSA) is 68.0 Å². The molecule has 0 fully saturated rings. The van der Waals surface area contributed by atoms with Gasteiger partial charge in [0, 0.05) is 19.0 Å². The van der Waals surface area contributed by atoms with Gasteiger partial charge in [0.1, 0.15) is 0 Å². The van der Waals surface area contributed by atoms with Gasteiger partial charge in [0.25, 0.3) is 0 Å². The van der Waals surface area contributed by atoms with Gasteiger partial charge in [0.15, 0.2) is 11.6 Å². The van der Waals surface area contributed by atoms with Gasteiger partial charge in [-0.25, -0.2) is 9.67 Å². The molecule has 0 aliphatic rings. The Morgan fingerprint density at radius 1 is 1.33 bits per heavy atom. The Balaban J connectivity index is 2.23. The van der Waals surface area contributed by atoms with Crippen molar-refractivity contribution in [2.45, 2.75) is 19.8 Å². The first-order valence-corrected chi connectivity index (χ1v) is 5.75. The van der Waals surface area contributed by atoms with Crippen LogP contribution in [0, 0.1) is 6.92 Å². The average Bonchev–Trinajstić information content (AvgIpc) is 2.69. The molecule has 2 rings (SSSR count). The SMILES string of the molecule is Cc1ccc(-c2nc(CCC(=O)O)nn2C)cc1. The van der Waals surface area contributed by atoms with Gasteiger partial charge in [-0.1, -0.05) is 29.8 Å². The fourth-order valence-corrected chi connectivity index (χ4v) is 1.72. The minimum atomic E-state index is -0.834. The number of nitrogens with zero attached hydrogens (tertiary/aromatic N) is 3. The number of carboxylic acids is 1. The van der Waals surface area contributed by atoms with E-state index in [1.165, 1.54) is 5.56 Å². The third kappa shape index (κ3) is 2.74. The molecule has 2 aromatic rings. The van der Waals surface area contributed by atoms with Gasteiger partial charge in [0.2, 0.25) is 0 Å². The third-order valence-corrected chi connectivity index (χ3v) is 2.68. The molecule has 1 N–H and O–H groups in total. The lowest BCUT2D eigenvalue weighted by molar-refractivity contribution is -0.137. The summed E-state index contributed by atoms with van der Waals surface area (Å²) in [6.45, 7) is 2.03. The van der Waals surface area contributed by atoms with Crippen LogP contribution in [0.25, 0.3) is 11.4 Å². The van der Waals surface area contributed by atoms with E-state index in [4.69, 9.17) is 5.11 Å². The average molecular weight is 245 g/mol. The summed E-state index contributed by atoms with van der Waals surface area (Å²) >= 11 is 0. The maximum absolute atomic E-state index is 10.5. The van der Waals surface area contributed by atoms with Crippen molar-refractivity contribution >= 4 is 5.97 Å². The number of aryl methyl sites for hydroxylation is 3. The molecule has 0 spiro atoms. The normalized spacial score (nSPS) is 10.6. The predicted octanol–water partition coefficient (Wildman–Crippen LogP) is 1.81. The van der Waals surface area contributed by atoms with E-state index < -0.39 is 5.97 Å². The second-order valence-electron chi connectivity index (χ2n) is 4.24. The van der Waals surface area contributed by atoms with E-state index in [1.54, 1.807) is 4.68 Å². The zero-order valence-corrected chi connectivity index (χ0v) is 10.4. The number of carboxylic acid groups (broad SMARTS) is 1. The van der Waals surface area contributed by atoms with E-state index >= 15 is 0 Å². The van der Waals surface area contributed by atoms with E-state index in [0.717, 1.165) is 11.4 Å². The lowest BCUT2D eigenvalue weighted by Crippen LogP contribution is -1.99. The van der Waals surface area contributed by atoms with Gasteiger partial charge in [-0.3, -0.25) is 4.79 Å². The first kappa shape index (κ1) is 12.3. The molecule has 1 aromatic heterocycles. The first-order valence-electron chi connectivity index (χ1n) is 5.75. The quantitative estimate of drug-likeness (QED) is 0.892. The smallest absolute Gasteiger partial charge is 0.303 e. The Labute approximate surface area is 105 Å². The highest BCUT2D eigenvalue weighted by atomic mass is 16.4. The van der Waals surface area contributed by atoms with Crippen molar-refractivity contribution in [2.75, 3.05) is 0 Å². The lowest BCUT2D eigenvalue weighted by atomic mass is 10.1. The molecule has 0 aliphatic heterocycles. The van der Waals surface area contributed by atoms with Crippen LogP contribution in [-0.2, 0) is 18.3 Å². The van der Waals surface area contributed by atoms with E-state index in [-0.39, 0.29) is 6.42 Å². The zero-order chi connectivity index (χ0) is 13.1. The monoisotopic (exact) mass is 245 g/mol. The number of carbonyl (C=O) groups is 1. The molecule has 0 amide bonds. The Morgan fingerprint density at radius 3 is 2.61 bits per heavy atom. The van der Waals surface area contributed by atoms with Crippen molar-refractivity contribution in [2.24, 2.45) is 7.05 Å². The molecule has 18 heavy (non-hydrogen) atoms. The third-order valence-electron chi connectivity index (χ3n) is 2.68. The van der Waals surface area contributed by atoms with Crippen LogP contribution in [0.5, 0.6) is 0 Å². The number of hydrogen-bond donors (Lipinski definition) is 1. The first-order chi connectivity index (χ1) is 8.56. The number of benzene rings is 1. The molecule has 0 atom stereocenters. The second-order valence-corrected chi connectivity index (χ2v) is 4.24. The molecule has 5 nitrogen and oxygen atoms in total. The molecule has 0 bridgehead atoms. The van der Waals surface area contributed by atoms with Crippen LogP contribution in [0.1, 0.15) is 17.8 Å². The van der Waals surface area contributed by atoms with Crippen LogP contribution >= 0.6 is 0 Å². The standard InChI is InChI=1S/C13H15N3O2/c1-9-3-5-10(6-4-9)13-14-11(15-16(13)2)7-8-12(17)18/h3-6H,7-8H2,1-2H3,(H,17,18). The number of hydrogen-bond acceptors (Lipinski definition) is 3. The molecular formula is C13H15N3O2. The van der Waals surface area contributed by atoms with Crippen molar-refractivity contribution in [1.29, 1.82) is 0 Å². The van der Waals surface area contributed by atoms with E-state index in [0.29, 0.717) is 12.2 Å². The van der Waals surface area contributed by atoms with Crippen molar-refractivity contribution in [3.63, 3.8) is 0 Å². The molecule has 0 radical (unpaired) electrons. The van der Waals surface area contributed by atoms with Gasteiger partial charge in [0.05, 0.1) is 6.42 Å². The van der Waals surface area contributed by atoms with Crippen LogP contribution in [0.15, 0.2) is 24.3 Å². The van der Waals surface area contributed by atoms with Gasteiger partial charge < -0.3 is 5.11 Å². The van der Waals surface area contributed by atoms with Crippen molar-refractivity contribution < 1.29 is 9.90 Å². The van der Waals surface area contributed by atoms with Crippen molar-refractivity contribution in [3.8, 4) is 11.4 Å². The molecule has 5 heteroatoms. The highest BCUT2D eigenvalue weighted by Gasteiger charge is 2.10. The van der Waals surface area contributed by atoms with Crippen LogP contribution in [0.2, 0.25) is 0 Å². The summed E-state index contributed by atoms with van der Waals surface area (Å²) in [5.41, 5.74) is 2.17. The largest absolute Gasteiger partial charge is 0.481 e. The Hall–Kier alpha value is -2.17. The molecule has 94 valence electrons. The van der Waals surface area contributed by atoms with E-state index in [9.17, 15) is 4.79 Å². The van der Waals surface area contributed by atoms with Crippen LogP contribution in [-0.4, -0.2) is 25.8 Å². The Bertz CT molecular complexity index is 558. The second kappa shape index (κ2) is 5.00. The van der Waals surface area contributed by atoms with E-state index in [2.05, 4.69) is 10.1 Å². The Kier molecular flexibility index (Phi) is 3.41. The minimum Gasteiger partial charge on any atom is -0.481 e. The van der Waals surface area contributed by atoms with Gasteiger partial charge in [-0.15, -0.1) is 0 Å². The fraction of sp³-hybridized carbons (Fsp3) is 0.308. The molecule has 0 aliphatic carbocycles. The highest BCUT2D eigenvalue weighted by Crippen LogP contribution is 2.17. The van der Waals surface area contributed by atoms with Crippen molar-refractivity contribution in [1.82, 2.24) is 14.8 Å². The summed E-state index contributed by atoms with van der Waals surface area (Å²) in [6.07, 6.45) is 0.409. The maximum atomic E-state index is 10.5. The summed E-state index contributed by atoms with van der Waals surface area (Å²) < 4.78 is 1.68. The summed E-state index contributed by atoms with van der Waals surface area (Å²) in [5.74, 6) is 0.491. The molecular weight excluding hydrogens is 230 g/mol. The van der Waals surface area contributed by atoms with Crippen LogP contribution in [0.4, 0.5) is 0 Å². The van der Waals surface area contributed by atoms with E-state index in [1.807, 2.05) is 38.2 Å². The number of aliphatic carboxylic acids is 1. The minimum absolute atomic E-state index is 0.0529. The summed E-state index contributed by atoms with van der Waals surface area (Å²) in [5, 5.41) is 12.9. The Morgan fingerprint density at radius 2 is 2.00 bits per heavy atom. The number of aromatic nitrogens is 3. The van der Waals surface area contributed by atoms with Gasteiger partial charge in [-0.05, 0) is 6.92 Å². The van der Waals surface area contributed by atoms with Crippen LogP contribution < -0.4 is 0 Å². The molecule has 0 saturated heterocycles. The highest BCUT2D eigenvalue weighted by molar-refractivity contribution is 5.67. The van der Waals surface area contributed by atoms with Crippen LogP contribution in [0.3, 0.4) is 0 Å². The van der Waals surface area contributed by atoms with Crippen molar-refractivity contribution in [3.05, 3.63) is 35.7 Å².